The van der Waals surface area contributed by atoms with E-state index in [1.54, 1.807) is 6.26 Å². The topological polar surface area (TPSA) is 95.5 Å². The maximum atomic E-state index is 11.7. The van der Waals surface area contributed by atoms with Crippen molar-refractivity contribution in [1.29, 1.82) is 0 Å². The van der Waals surface area contributed by atoms with Crippen LogP contribution in [0.25, 0.3) is 0 Å². The van der Waals surface area contributed by atoms with Crippen LogP contribution in [-0.2, 0) is 15.6 Å². The van der Waals surface area contributed by atoms with Gasteiger partial charge in [0.15, 0.2) is 0 Å². The lowest BCUT2D eigenvalue weighted by Gasteiger charge is -2.19. The van der Waals surface area contributed by atoms with Crippen molar-refractivity contribution in [2.24, 2.45) is 11.8 Å². The first kappa shape index (κ1) is 19.9. The Morgan fingerprint density at radius 1 is 1.24 bits per heavy atom. The molecule has 2 amide bonds. The van der Waals surface area contributed by atoms with Gasteiger partial charge in [0.05, 0.1) is 0 Å². The van der Waals surface area contributed by atoms with E-state index in [1.165, 1.54) is 0 Å². The first-order chi connectivity index (χ1) is 9.70. The summed E-state index contributed by atoms with van der Waals surface area (Å²) in [4.78, 5) is 22.5. The van der Waals surface area contributed by atoms with Crippen LogP contribution >= 0.6 is 0 Å². The van der Waals surface area contributed by atoms with Gasteiger partial charge in [-0.05, 0) is 31.6 Å². The molecule has 0 radical (unpaired) electrons. The largest absolute Gasteiger partial charge is 0.481 e. The van der Waals surface area contributed by atoms with Gasteiger partial charge in [0.1, 0.15) is 0 Å². The van der Waals surface area contributed by atoms with E-state index in [4.69, 9.17) is 5.11 Å². The molecule has 0 spiro atoms. The van der Waals surface area contributed by atoms with Crippen molar-refractivity contribution in [1.82, 2.24) is 10.6 Å². The smallest absolute Gasteiger partial charge is 0.315 e. The summed E-state index contributed by atoms with van der Waals surface area (Å²) < 4.78 is 11.0. The van der Waals surface area contributed by atoms with Crippen LogP contribution < -0.4 is 10.6 Å². The third-order valence-electron chi connectivity index (χ3n) is 3.04. The summed E-state index contributed by atoms with van der Waals surface area (Å²) in [5, 5.41) is 14.4. The Balaban J connectivity index is 4.11. The predicted octanol–water partition coefficient (Wildman–Crippen LogP) is 1.58. The minimum Gasteiger partial charge on any atom is -0.481 e. The van der Waals surface area contributed by atoms with E-state index in [0.717, 1.165) is 6.42 Å². The van der Waals surface area contributed by atoms with E-state index >= 15 is 0 Å². The highest BCUT2D eigenvalue weighted by atomic mass is 32.2. The van der Waals surface area contributed by atoms with Gasteiger partial charge in [0.25, 0.3) is 0 Å². The summed E-state index contributed by atoms with van der Waals surface area (Å²) in [6.45, 7) is 6.27. The minimum absolute atomic E-state index is 0.0584. The average molecular weight is 320 g/mol. The number of nitrogens with one attached hydrogen (secondary N) is 2. The van der Waals surface area contributed by atoms with Crippen molar-refractivity contribution in [3.05, 3.63) is 0 Å². The van der Waals surface area contributed by atoms with E-state index in [1.807, 2.05) is 20.8 Å². The Labute approximate surface area is 129 Å². The molecule has 0 heterocycles. The number of amides is 2. The van der Waals surface area contributed by atoms with Gasteiger partial charge < -0.3 is 15.7 Å². The zero-order valence-corrected chi connectivity index (χ0v) is 14.2. The van der Waals surface area contributed by atoms with E-state index in [2.05, 4.69) is 10.6 Å². The number of urea groups is 1. The number of hydrogen-bond acceptors (Lipinski definition) is 3. The molecule has 0 aromatic heterocycles. The fourth-order valence-electron chi connectivity index (χ4n) is 2.08. The molecule has 0 saturated carbocycles. The van der Waals surface area contributed by atoms with E-state index in [9.17, 15) is 13.8 Å². The summed E-state index contributed by atoms with van der Waals surface area (Å²) in [7, 11) is -0.862. The summed E-state index contributed by atoms with van der Waals surface area (Å²) >= 11 is 0. The molecule has 0 aliphatic heterocycles. The molecule has 0 aliphatic rings. The third-order valence-corrected chi connectivity index (χ3v) is 3.85. The molecule has 0 aliphatic carbocycles. The second-order valence-electron chi connectivity index (χ2n) is 5.91. The van der Waals surface area contributed by atoms with Gasteiger partial charge in [0.2, 0.25) is 0 Å². The number of rotatable bonds is 10. The van der Waals surface area contributed by atoms with Crippen LogP contribution in [0.2, 0.25) is 0 Å². The van der Waals surface area contributed by atoms with Gasteiger partial charge in [-0.1, -0.05) is 13.8 Å². The first-order valence-electron chi connectivity index (χ1n) is 7.26. The SMILES string of the molecule is CC(C)C[C@H](CNC(=O)NC(C)CCS(C)=O)CC(=O)O. The zero-order chi connectivity index (χ0) is 16.4. The van der Waals surface area contributed by atoms with Crippen LogP contribution in [0, 0.1) is 11.8 Å². The molecule has 0 aromatic carbocycles. The molecule has 3 N–H and O–H groups in total. The highest BCUT2D eigenvalue weighted by Crippen LogP contribution is 2.14. The Hall–Kier alpha value is -1.11. The highest BCUT2D eigenvalue weighted by molar-refractivity contribution is 7.84. The number of carbonyl (C=O) groups is 2. The molecule has 0 aromatic rings. The fourth-order valence-corrected chi connectivity index (χ4v) is 2.76. The molecular formula is C14H28N2O4S. The monoisotopic (exact) mass is 320 g/mol. The minimum atomic E-state index is -0.862. The van der Waals surface area contributed by atoms with Crippen molar-refractivity contribution >= 4 is 22.8 Å². The number of carbonyl (C=O) groups excluding carboxylic acids is 1. The van der Waals surface area contributed by atoms with Crippen molar-refractivity contribution in [3.8, 4) is 0 Å². The Morgan fingerprint density at radius 2 is 1.86 bits per heavy atom. The van der Waals surface area contributed by atoms with Crippen molar-refractivity contribution in [2.75, 3.05) is 18.6 Å². The lowest BCUT2D eigenvalue weighted by molar-refractivity contribution is -0.138. The van der Waals surface area contributed by atoms with Crippen LogP contribution in [-0.4, -0.2) is 45.9 Å². The van der Waals surface area contributed by atoms with Crippen LogP contribution in [0.3, 0.4) is 0 Å². The summed E-state index contributed by atoms with van der Waals surface area (Å²) in [6.07, 6.45) is 3.11. The third kappa shape index (κ3) is 12.3. The zero-order valence-electron chi connectivity index (χ0n) is 13.3. The first-order valence-corrected chi connectivity index (χ1v) is 8.99. The maximum Gasteiger partial charge on any atom is 0.315 e. The molecule has 0 rings (SSSR count). The second-order valence-corrected chi connectivity index (χ2v) is 7.47. The lowest BCUT2D eigenvalue weighted by atomic mass is 9.94. The van der Waals surface area contributed by atoms with Crippen LogP contribution in [0.4, 0.5) is 4.79 Å². The molecule has 21 heavy (non-hydrogen) atoms. The number of carboxylic acids is 1. The van der Waals surface area contributed by atoms with Gasteiger partial charge >= 0.3 is 12.0 Å². The van der Waals surface area contributed by atoms with Gasteiger partial charge in [-0.3, -0.25) is 9.00 Å². The van der Waals surface area contributed by atoms with Gasteiger partial charge in [-0.2, -0.15) is 0 Å². The average Bonchev–Trinajstić information content (AvgIpc) is 2.32. The normalized spacial score (nSPS) is 15.3. The van der Waals surface area contributed by atoms with Gasteiger partial charge in [-0.15, -0.1) is 0 Å². The molecule has 0 saturated heterocycles. The number of hydrogen-bond donors (Lipinski definition) is 3. The summed E-state index contributed by atoms with van der Waals surface area (Å²) in [5.74, 6) is 0.0298. The highest BCUT2D eigenvalue weighted by Gasteiger charge is 2.16. The van der Waals surface area contributed by atoms with E-state index in [-0.39, 0.29) is 24.4 Å². The van der Waals surface area contributed by atoms with Crippen LogP contribution in [0.15, 0.2) is 0 Å². The Bertz CT molecular complexity index is 361. The summed E-state index contributed by atoms with van der Waals surface area (Å²) in [6, 6.07) is -0.361. The van der Waals surface area contributed by atoms with Crippen LogP contribution in [0.1, 0.15) is 40.0 Å². The van der Waals surface area contributed by atoms with E-state index < -0.39 is 16.8 Å². The lowest BCUT2D eigenvalue weighted by Crippen LogP contribution is -2.43. The van der Waals surface area contributed by atoms with E-state index in [0.29, 0.717) is 24.6 Å². The Kier molecular flexibility index (Phi) is 10.0. The van der Waals surface area contributed by atoms with Crippen molar-refractivity contribution in [2.45, 2.75) is 46.1 Å². The molecule has 124 valence electrons. The van der Waals surface area contributed by atoms with Crippen LogP contribution in [0.5, 0.6) is 0 Å². The summed E-state index contributed by atoms with van der Waals surface area (Å²) in [5.41, 5.74) is 0. The number of carboxylic acid groups (broad SMARTS) is 1. The molecular weight excluding hydrogens is 292 g/mol. The van der Waals surface area contributed by atoms with Crippen molar-refractivity contribution in [3.63, 3.8) is 0 Å². The predicted molar refractivity (Wildman–Crippen MR) is 84.7 cm³/mol. The fraction of sp³-hybridized carbons (Fsp3) is 0.857. The molecule has 6 nitrogen and oxygen atoms in total. The number of aliphatic carboxylic acids is 1. The molecule has 0 fully saturated rings. The quantitative estimate of drug-likeness (QED) is 0.569. The maximum absolute atomic E-state index is 11.7. The molecule has 0 bridgehead atoms. The molecule has 3 atom stereocenters. The van der Waals surface area contributed by atoms with Gasteiger partial charge in [0, 0.05) is 41.8 Å². The Morgan fingerprint density at radius 3 is 2.33 bits per heavy atom. The van der Waals surface area contributed by atoms with Crippen molar-refractivity contribution < 1.29 is 18.9 Å². The molecule has 2 unspecified atom stereocenters. The standard InChI is InChI=1S/C14H28N2O4S/c1-10(2)7-12(8-13(17)18)9-15-14(19)16-11(3)5-6-21(4)20/h10-12H,5-9H2,1-4H3,(H,17,18)(H2,15,16,19)/t11?,12-,21?/m0/s1. The molecule has 7 heteroatoms. The second kappa shape index (κ2) is 10.6. The van der Waals surface area contributed by atoms with Gasteiger partial charge in [-0.25, -0.2) is 4.79 Å².